The van der Waals surface area contributed by atoms with Crippen molar-refractivity contribution in [2.75, 3.05) is 7.11 Å². The summed E-state index contributed by atoms with van der Waals surface area (Å²) >= 11 is 0. The maximum Gasteiger partial charge on any atom is 0.124 e. The van der Waals surface area contributed by atoms with Crippen molar-refractivity contribution in [1.29, 1.82) is 0 Å². The Bertz CT molecular complexity index is 423. The number of phenols is 1. The number of aromatic hydroxyl groups is 1. The Morgan fingerprint density at radius 1 is 1.50 bits per heavy atom. The highest BCUT2D eigenvalue weighted by Gasteiger charge is 2.14. The molecule has 0 bridgehead atoms. The maximum atomic E-state index is 9.95. The Balaban J connectivity index is 2.77. The fourth-order valence-electron chi connectivity index (χ4n) is 1.92. The van der Waals surface area contributed by atoms with Crippen LogP contribution in [-0.4, -0.2) is 18.3 Å². The molecule has 0 aliphatic rings. The Kier molecular flexibility index (Phi) is 5.54. The van der Waals surface area contributed by atoms with Crippen LogP contribution in [0.1, 0.15) is 38.3 Å². The molecule has 0 heterocycles. The van der Waals surface area contributed by atoms with E-state index < -0.39 is 0 Å². The summed E-state index contributed by atoms with van der Waals surface area (Å²) in [6, 6.07) is 5.65. The second-order valence-electron chi connectivity index (χ2n) is 4.33. The van der Waals surface area contributed by atoms with Gasteiger partial charge in [0.2, 0.25) is 0 Å². The van der Waals surface area contributed by atoms with Gasteiger partial charge in [0.05, 0.1) is 7.11 Å². The summed E-state index contributed by atoms with van der Waals surface area (Å²) in [5.74, 6) is 3.56. The zero-order chi connectivity index (χ0) is 13.5. The van der Waals surface area contributed by atoms with Crippen LogP contribution in [0.4, 0.5) is 0 Å². The molecular weight excluding hydrogens is 226 g/mol. The minimum atomic E-state index is 0.0502. The van der Waals surface area contributed by atoms with Gasteiger partial charge in [-0.25, -0.2) is 0 Å². The number of hydrogen-bond donors (Lipinski definition) is 2. The lowest BCUT2D eigenvalue weighted by atomic mass is 10.0. The Morgan fingerprint density at radius 2 is 2.22 bits per heavy atom. The molecule has 0 radical (unpaired) electrons. The lowest BCUT2D eigenvalue weighted by Gasteiger charge is -2.22. The number of hydrogen-bond acceptors (Lipinski definition) is 3. The molecule has 98 valence electrons. The molecule has 1 aromatic rings. The molecule has 3 nitrogen and oxygen atoms in total. The second kappa shape index (κ2) is 6.93. The first kappa shape index (κ1) is 14.4. The molecule has 0 spiro atoms. The fraction of sp³-hybridized carbons (Fsp3) is 0.467. The standard InChI is InChI=1S/C15H21NO2/c1-5-7-12(6-2)16-11(3)14-9-8-13(18-4)10-15(14)17/h1,8-12,16-17H,6-7H2,2-4H3. The first-order chi connectivity index (χ1) is 8.62. The number of methoxy groups -OCH3 is 1. The van der Waals surface area contributed by atoms with Gasteiger partial charge in [0.15, 0.2) is 0 Å². The Labute approximate surface area is 109 Å². The highest BCUT2D eigenvalue weighted by molar-refractivity contribution is 5.41. The van der Waals surface area contributed by atoms with E-state index in [0.717, 1.165) is 12.0 Å². The first-order valence-electron chi connectivity index (χ1n) is 6.18. The van der Waals surface area contributed by atoms with Gasteiger partial charge in [-0.1, -0.05) is 13.0 Å². The van der Waals surface area contributed by atoms with Crippen LogP contribution in [0.15, 0.2) is 18.2 Å². The first-order valence-corrected chi connectivity index (χ1v) is 6.18. The Hall–Kier alpha value is -1.66. The summed E-state index contributed by atoms with van der Waals surface area (Å²) in [5.41, 5.74) is 0.853. The van der Waals surface area contributed by atoms with Gasteiger partial charge in [-0.3, -0.25) is 0 Å². The van der Waals surface area contributed by atoms with Crippen molar-refractivity contribution in [3.8, 4) is 23.8 Å². The third kappa shape index (κ3) is 3.68. The molecule has 0 saturated carbocycles. The minimum Gasteiger partial charge on any atom is -0.507 e. The van der Waals surface area contributed by atoms with Crippen molar-refractivity contribution in [3.63, 3.8) is 0 Å². The van der Waals surface area contributed by atoms with Crippen LogP contribution in [0.2, 0.25) is 0 Å². The third-order valence-electron chi connectivity index (χ3n) is 3.05. The van der Waals surface area contributed by atoms with E-state index in [1.165, 1.54) is 0 Å². The number of rotatable bonds is 6. The van der Waals surface area contributed by atoms with Gasteiger partial charge in [-0.15, -0.1) is 12.3 Å². The van der Waals surface area contributed by atoms with E-state index >= 15 is 0 Å². The predicted molar refractivity (Wildman–Crippen MR) is 73.7 cm³/mol. The normalized spacial score (nSPS) is 13.7. The minimum absolute atomic E-state index is 0.0502. The molecule has 1 aromatic carbocycles. The van der Waals surface area contributed by atoms with E-state index in [1.807, 2.05) is 19.1 Å². The van der Waals surface area contributed by atoms with Gasteiger partial charge in [-0.2, -0.15) is 0 Å². The average molecular weight is 247 g/mol. The van der Waals surface area contributed by atoms with Crippen LogP contribution in [-0.2, 0) is 0 Å². The molecule has 2 atom stereocenters. The zero-order valence-electron chi connectivity index (χ0n) is 11.2. The lowest BCUT2D eigenvalue weighted by Crippen LogP contribution is -2.30. The van der Waals surface area contributed by atoms with Gasteiger partial charge in [0.25, 0.3) is 0 Å². The van der Waals surface area contributed by atoms with Crippen LogP contribution >= 0.6 is 0 Å². The fourth-order valence-corrected chi connectivity index (χ4v) is 1.92. The smallest absolute Gasteiger partial charge is 0.124 e. The summed E-state index contributed by atoms with van der Waals surface area (Å²) in [6.07, 6.45) is 6.99. The summed E-state index contributed by atoms with van der Waals surface area (Å²) < 4.78 is 5.06. The van der Waals surface area contributed by atoms with Crippen molar-refractivity contribution in [2.45, 2.75) is 38.8 Å². The van der Waals surface area contributed by atoms with Crippen LogP contribution in [0, 0.1) is 12.3 Å². The number of nitrogens with one attached hydrogen (secondary N) is 1. The molecule has 1 rings (SSSR count). The molecule has 0 fully saturated rings. The summed E-state index contributed by atoms with van der Waals surface area (Å²) in [7, 11) is 1.58. The molecular formula is C15H21NO2. The number of terminal acetylenes is 1. The van der Waals surface area contributed by atoms with Crippen LogP contribution in [0.3, 0.4) is 0 Å². The molecule has 3 heteroatoms. The maximum absolute atomic E-state index is 9.95. The quantitative estimate of drug-likeness (QED) is 0.759. The third-order valence-corrected chi connectivity index (χ3v) is 3.05. The number of phenolic OH excluding ortho intramolecular Hbond substituents is 1. The van der Waals surface area contributed by atoms with Crippen LogP contribution < -0.4 is 10.1 Å². The van der Waals surface area contributed by atoms with E-state index in [-0.39, 0.29) is 17.8 Å². The largest absolute Gasteiger partial charge is 0.507 e. The number of ether oxygens (including phenoxy) is 1. The van der Waals surface area contributed by atoms with Gasteiger partial charge >= 0.3 is 0 Å². The van der Waals surface area contributed by atoms with Crippen LogP contribution in [0.25, 0.3) is 0 Å². The van der Waals surface area contributed by atoms with Gasteiger partial charge in [0, 0.05) is 30.1 Å². The summed E-state index contributed by atoms with van der Waals surface area (Å²) in [5, 5.41) is 13.4. The summed E-state index contributed by atoms with van der Waals surface area (Å²) in [4.78, 5) is 0. The number of benzene rings is 1. The predicted octanol–water partition coefficient (Wildman–Crippen LogP) is 2.85. The van der Waals surface area contributed by atoms with Crippen molar-refractivity contribution in [3.05, 3.63) is 23.8 Å². The molecule has 0 saturated heterocycles. The van der Waals surface area contributed by atoms with Gasteiger partial charge in [0.1, 0.15) is 11.5 Å². The zero-order valence-corrected chi connectivity index (χ0v) is 11.2. The highest BCUT2D eigenvalue weighted by atomic mass is 16.5. The lowest BCUT2D eigenvalue weighted by molar-refractivity contribution is 0.398. The molecule has 0 amide bonds. The van der Waals surface area contributed by atoms with Gasteiger partial charge in [-0.05, 0) is 19.4 Å². The monoisotopic (exact) mass is 247 g/mol. The SMILES string of the molecule is C#CCC(CC)NC(C)c1ccc(OC)cc1O. The average Bonchev–Trinajstić information content (AvgIpc) is 2.37. The van der Waals surface area contributed by atoms with Crippen molar-refractivity contribution in [1.82, 2.24) is 5.32 Å². The molecule has 0 aromatic heterocycles. The molecule has 0 aliphatic heterocycles. The van der Waals surface area contributed by atoms with E-state index in [0.29, 0.717) is 12.2 Å². The van der Waals surface area contributed by atoms with Crippen LogP contribution in [0.5, 0.6) is 11.5 Å². The van der Waals surface area contributed by atoms with E-state index in [2.05, 4.69) is 18.2 Å². The van der Waals surface area contributed by atoms with Crippen molar-refractivity contribution >= 4 is 0 Å². The molecule has 18 heavy (non-hydrogen) atoms. The highest BCUT2D eigenvalue weighted by Crippen LogP contribution is 2.28. The molecule has 0 aliphatic carbocycles. The second-order valence-corrected chi connectivity index (χ2v) is 4.33. The van der Waals surface area contributed by atoms with Crippen molar-refractivity contribution in [2.24, 2.45) is 0 Å². The summed E-state index contributed by atoms with van der Waals surface area (Å²) in [6.45, 7) is 4.11. The Morgan fingerprint density at radius 3 is 2.72 bits per heavy atom. The molecule has 2 unspecified atom stereocenters. The van der Waals surface area contributed by atoms with E-state index in [1.54, 1.807) is 13.2 Å². The van der Waals surface area contributed by atoms with E-state index in [9.17, 15) is 5.11 Å². The molecule has 2 N–H and O–H groups in total. The topological polar surface area (TPSA) is 41.5 Å². The van der Waals surface area contributed by atoms with Gasteiger partial charge < -0.3 is 15.2 Å². The van der Waals surface area contributed by atoms with Crippen molar-refractivity contribution < 1.29 is 9.84 Å². The van der Waals surface area contributed by atoms with E-state index in [4.69, 9.17) is 11.2 Å².